The number of anilines is 2. The van der Waals surface area contributed by atoms with E-state index in [1.807, 2.05) is 23.9 Å². The van der Waals surface area contributed by atoms with Gasteiger partial charge in [0.25, 0.3) is 0 Å². The summed E-state index contributed by atoms with van der Waals surface area (Å²) in [6, 6.07) is 1.90. The molecule has 15 heavy (non-hydrogen) atoms. The third-order valence-corrected chi connectivity index (χ3v) is 2.04. The summed E-state index contributed by atoms with van der Waals surface area (Å²) in [5.41, 5.74) is 5.70. The topological polar surface area (TPSA) is 84.6 Å². The zero-order valence-corrected chi connectivity index (χ0v) is 8.57. The van der Waals surface area contributed by atoms with Gasteiger partial charge in [0.15, 0.2) is 5.82 Å². The average Bonchev–Trinajstić information content (AvgIpc) is 2.77. The number of H-pyrrole nitrogens is 1. The molecule has 2 rings (SSSR count). The van der Waals surface area contributed by atoms with E-state index in [2.05, 4.69) is 20.4 Å². The Morgan fingerprint density at radius 1 is 1.60 bits per heavy atom. The second-order valence-corrected chi connectivity index (χ2v) is 3.28. The van der Waals surface area contributed by atoms with Gasteiger partial charge in [0, 0.05) is 18.9 Å². The minimum absolute atomic E-state index is 0.577. The van der Waals surface area contributed by atoms with Gasteiger partial charge in [0.1, 0.15) is 11.6 Å². The molecule has 0 bridgehead atoms. The highest BCUT2D eigenvalue weighted by atomic mass is 15.3. The molecule has 80 valence electrons. The van der Waals surface area contributed by atoms with E-state index in [4.69, 9.17) is 5.73 Å². The number of imidazole rings is 1. The third-order valence-electron chi connectivity index (χ3n) is 2.04. The largest absolute Gasteiger partial charge is 0.382 e. The smallest absolute Gasteiger partial charge is 0.168 e. The van der Waals surface area contributed by atoms with Crippen molar-refractivity contribution in [1.29, 1.82) is 0 Å². The number of nitrogens with one attached hydrogen (secondary N) is 2. The van der Waals surface area contributed by atoms with Crippen molar-refractivity contribution >= 4 is 11.6 Å². The van der Waals surface area contributed by atoms with Crippen molar-refractivity contribution in [3.05, 3.63) is 24.3 Å². The van der Waals surface area contributed by atoms with E-state index in [9.17, 15) is 0 Å². The molecule has 0 saturated heterocycles. The SMILES string of the molecule is Cc1nc(NCCn2cccn2)c(N)[nH]1. The molecule has 0 aliphatic carbocycles. The van der Waals surface area contributed by atoms with Crippen LogP contribution in [0.25, 0.3) is 0 Å². The van der Waals surface area contributed by atoms with Gasteiger partial charge in [-0.1, -0.05) is 0 Å². The lowest BCUT2D eigenvalue weighted by Crippen LogP contribution is -2.11. The fraction of sp³-hybridized carbons (Fsp3) is 0.333. The first-order valence-corrected chi connectivity index (χ1v) is 4.79. The quantitative estimate of drug-likeness (QED) is 0.684. The molecule has 6 heteroatoms. The Bertz CT molecular complexity index is 416. The van der Waals surface area contributed by atoms with Gasteiger partial charge in [-0.3, -0.25) is 4.68 Å². The molecule has 2 heterocycles. The molecule has 0 atom stereocenters. The molecular weight excluding hydrogens is 192 g/mol. The highest BCUT2D eigenvalue weighted by molar-refractivity contribution is 5.56. The van der Waals surface area contributed by atoms with E-state index in [0.29, 0.717) is 11.6 Å². The summed E-state index contributed by atoms with van der Waals surface area (Å²) in [4.78, 5) is 7.14. The van der Waals surface area contributed by atoms with Crippen molar-refractivity contribution < 1.29 is 0 Å². The predicted octanol–water partition coefficient (Wildman–Crippen LogP) is 0.609. The van der Waals surface area contributed by atoms with Crippen molar-refractivity contribution in [1.82, 2.24) is 19.7 Å². The van der Waals surface area contributed by atoms with Crippen LogP contribution in [0.2, 0.25) is 0 Å². The molecule has 0 aromatic carbocycles. The lowest BCUT2D eigenvalue weighted by atomic mass is 10.5. The number of aryl methyl sites for hydroxylation is 1. The first-order valence-electron chi connectivity index (χ1n) is 4.79. The Balaban J connectivity index is 1.86. The number of aromatic amines is 1. The van der Waals surface area contributed by atoms with E-state index in [1.165, 1.54) is 0 Å². The van der Waals surface area contributed by atoms with Crippen LogP contribution < -0.4 is 11.1 Å². The highest BCUT2D eigenvalue weighted by Crippen LogP contribution is 2.12. The summed E-state index contributed by atoms with van der Waals surface area (Å²) in [5.74, 6) is 2.10. The molecule has 0 unspecified atom stereocenters. The van der Waals surface area contributed by atoms with Crippen LogP contribution in [0.1, 0.15) is 5.82 Å². The fourth-order valence-corrected chi connectivity index (χ4v) is 1.37. The molecule has 0 aliphatic rings. The maximum atomic E-state index is 5.70. The zero-order chi connectivity index (χ0) is 10.7. The summed E-state index contributed by atoms with van der Waals surface area (Å²) < 4.78 is 1.85. The molecule has 2 aromatic heterocycles. The maximum Gasteiger partial charge on any atom is 0.168 e. The maximum absolute atomic E-state index is 5.70. The minimum atomic E-state index is 0.577. The summed E-state index contributed by atoms with van der Waals surface area (Å²) >= 11 is 0. The van der Waals surface area contributed by atoms with Crippen LogP contribution >= 0.6 is 0 Å². The van der Waals surface area contributed by atoms with Gasteiger partial charge in [0.2, 0.25) is 0 Å². The number of nitrogen functional groups attached to an aromatic ring is 1. The number of hydrogen-bond donors (Lipinski definition) is 3. The van der Waals surface area contributed by atoms with E-state index in [-0.39, 0.29) is 0 Å². The van der Waals surface area contributed by atoms with Crippen LogP contribution in [0.15, 0.2) is 18.5 Å². The van der Waals surface area contributed by atoms with Crippen LogP contribution in [0.4, 0.5) is 11.6 Å². The van der Waals surface area contributed by atoms with Gasteiger partial charge in [0.05, 0.1) is 6.54 Å². The highest BCUT2D eigenvalue weighted by Gasteiger charge is 2.02. The summed E-state index contributed by atoms with van der Waals surface area (Å²) in [6.07, 6.45) is 3.67. The molecule has 4 N–H and O–H groups in total. The first-order chi connectivity index (χ1) is 7.25. The Labute approximate surface area is 87.5 Å². The number of aromatic nitrogens is 4. The third kappa shape index (κ3) is 2.28. The molecular formula is C9H14N6. The lowest BCUT2D eigenvalue weighted by Gasteiger charge is -2.03. The van der Waals surface area contributed by atoms with Gasteiger partial charge in [-0.15, -0.1) is 0 Å². The van der Waals surface area contributed by atoms with Crippen molar-refractivity contribution in [3.63, 3.8) is 0 Å². The van der Waals surface area contributed by atoms with Gasteiger partial charge >= 0.3 is 0 Å². The number of rotatable bonds is 4. The average molecular weight is 206 g/mol. The fourth-order valence-electron chi connectivity index (χ4n) is 1.37. The van der Waals surface area contributed by atoms with E-state index in [0.717, 1.165) is 18.9 Å². The number of hydrogen-bond acceptors (Lipinski definition) is 4. The van der Waals surface area contributed by atoms with E-state index in [1.54, 1.807) is 6.20 Å². The predicted molar refractivity (Wildman–Crippen MR) is 58.5 cm³/mol. The van der Waals surface area contributed by atoms with E-state index >= 15 is 0 Å². The molecule has 0 radical (unpaired) electrons. The lowest BCUT2D eigenvalue weighted by molar-refractivity contribution is 0.637. The van der Waals surface area contributed by atoms with Gasteiger partial charge in [-0.05, 0) is 13.0 Å². The van der Waals surface area contributed by atoms with Crippen LogP contribution in [0, 0.1) is 6.92 Å². The van der Waals surface area contributed by atoms with Gasteiger partial charge in [-0.2, -0.15) is 5.10 Å². The molecule has 0 spiro atoms. The number of nitrogens with zero attached hydrogens (tertiary/aromatic N) is 3. The van der Waals surface area contributed by atoms with Crippen molar-refractivity contribution in [2.75, 3.05) is 17.6 Å². The Hall–Kier alpha value is -1.98. The monoisotopic (exact) mass is 206 g/mol. The molecule has 6 nitrogen and oxygen atoms in total. The standard InChI is InChI=1S/C9H14N6/c1-7-13-8(10)9(14-7)11-4-6-15-5-2-3-12-15/h2-3,5,11H,4,6,10H2,1H3,(H,13,14). The van der Waals surface area contributed by atoms with Crippen molar-refractivity contribution in [3.8, 4) is 0 Å². The minimum Gasteiger partial charge on any atom is -0.382 e. The van der Waals surface area contributed by atoms with Crippen LogP contribution in [0.3, 0.4) is 0 Å². The first kappa shape index (κ1) is 9.57. The Kier molecular flexibility index (Phi) is 2.57. The van der Waals surface area contributed by atoms with Crippen LogP contribution in [-0.4, -0.2) is 26.3 Å². The Morgan fingerprint density at radius 2 is 2.47 bits per heavy atom. The molecule has 0 aliphatic heterocycles. The Morgan fingerprint density at radius 3 is 3.07 bits per heavy atom. The molecule has 0 amide bonds. The second kappa shape index (κ2) is 4.04. The summed E-state index contributed by atoms with van der Waals surface area (Å²) in [7, 11) is 0. The van der Waals surface area contributed by atoms with E-state index < -0.39 is 0 Å². The van der Waals surface area contributed by atoms with Crippen LogP contribution in [-0.2, 0) is 6.54 Å². The number of nitrogens with two attached hydrogens (primary N) is 1. The molecule has 0 saturated carbocycles. The molecule has 0 fully saturated rings. The normalized spacial score (nSPS) is 10.5. The second-order valence-electron chi connectivity index (χ2n) is 3.28. The van der Waals surface area contributed by atoms with Gasteiger partial charge in [-0.25, -0.2) is 4.98 Å². The zero-order valence-electron chi connectivity index (χ0n) is 8.57. The van der Waals surface area contributed by atoms with Crippen molar-refractivity contribution in [2.45, 2.75) is 13.5 Å². The summed E-state index contributed by atoms with van der Waals surface area (Å²) in [5, 5.41) is 7.24. The van der Waals surface area contributed by atoms with Gasteiger partial charge < -0.3 is 16.0 Å². The van der Waals surface area contributed by atoms with Crippen LogP contribution in [0.5, 0.6) is 0 Å². The van der Waals surface area contributed by atoms with Crippen molar-refractivity contribution in [2.24, 2.45) is 0 Å². The molecule has 2 aromatic rings. The summed E-state index contributed by atoms with van der Waals surface area (Å²) in [6.45, 7) is 3.41.